The predicted octanol–water partition coefficient (Wildman–Crippen LogP) is 3.49. The van der Waals surface area contributed by atoms with Crippen molar-refractivity contribution in [3.8, 4) is 0 Å². The molecule has 0 saturated carbocycles. The molecule has 0 bridgehead atoms. The second kappa shape index (κ2) is 7.24. The highest BCUT2D eigenvalue weighted by atomic mass is 16.1. The maximum Gasteiger partial charge on any atom is 0.274 e. The summed E-state index contributed by atoms with van der Waals surface area (Å²) in [5.41, 5.74) is 3.16. The lowest BCUT2D eigenvalue weighted by Gasteiger charge is -2.10. The molecule has 0 aliphatic rings. The second-order valence-corrected chi connectivity index (χ2v) is 4.56. The molecule has 2 N–H and O–H groups in total. The monoisotopic (exact) mass is 281 g/mol. The molecule has 108 valence electrons. The highest BCUT2D eigenvalue weighted by Gasteiger charge is 2.10. The smallest absolute Gasteiger partial charge is 0.274 e. The third-order valence-electron chi connectivity index (χ3n) is 3.09. The second-order valence-electron chi connectivity index (χ2n) is 4.56. The van der Waals surface area contributed by atoms with E-state index in [1.54, 1.807) is 18.3 Å². The maximum atomic E-state index is 12.3. The Morgan fingerprint density at radius 1 is 1.33 bits per heavy atom. The fraction of sp³-hybridized carbons (Fsp3) is 0.176. The molecule has 0 fully saturated rings. The van der Waals surface area contributed by atoms with Crippen LogP contribution < -0.4 is 10.6 Å². The molecule has 0 saturated heterocycles. The highest BCUT2D eigenvalue weighted by Crippen LogP contribution is 2.17. The number of pyridine rings is 1. The molecule has 1 aromatic heterocycles. The normalized spacial score (nSPS) is 9.95. The molecule has 0 aliphatic heterocycles. The first-order chi connectivity index (χ1) is 10.2. The summed E-state index contributed by atoms with van der Waals surface area (Å²) >= 11 is 0. The van der Waals surface area contributed by atoms with Crippen LogP contribution in [0.15, 0.2) is 55.3 Å². The summed E-state index contributed by atoms with van der Waals surface area (Å²) in [4.78, 5) is 16.4. The molecule has 21 heavy (non-hydrogen) atoms. The predicted molar refractivity (Wildman–Crippen MR) is 86.7 cm³/mol. The number of amides is 1. The van der Waals surface area contributed by atoms with Gasteiger partial charge in [-0.2, -0.15) is 0 Å². The minimum atomic E-state index is -0.210. The Morgan fingerprint density at radius 2 is 2.14 bits per heavy atom. The van der Waals surface area contributed by atoms with Crippen molar-refractivity contribution in [1.29, 1.82) is 0 Å². The molecule has 1 amide bonds. The molecular weight excluding hydrogens is 262 g/mol. The number of carbonyl (C=O) groups is 1. The van der Waals surface area contributed by atoms with Crippen molar-refractivity contribution < 1.29 is 4.79 Å². The number of hydrogen-bond acceptors (Lipinski definition) is 3. The van der Waals surface area contributed by atoms with Gasteiger partial charge in [0.15, 0.2) is 0 Å². The van der Waals surface area contributed by atoms with Crippen LogP contribution >= 0.6 is 0 Å². The Morgan fingerprint density at radius 3 is 2.90 bits per heavy atom. The van der Waals surface area contributed by atoms with Crippen molar-refractivity contribution in [2.45, 2.75) is 13.3 Å². The van der Waals surface area contributed by atoms with Crippen LogP contribution in [0.3, 0.4) is 0 Å². The number of para-hydroxylation sites is 1. The van der Waals surface area contributed by atoms with Gasteiger partial charge in [-0.25, -0.2) is 0 Å². The number of nitrogens with zero attached hydrogens (tertiary/aromatic N) is 1. The number of rotatable bonds is 6. The van der Waals surface area contributed by atoms with Crippen molar-refractivity contribution in [3.05, 3.63) is 66.5 Å². The molecule has 0 spiro atoms. The molecule has 4 heteroatoms. The first-order valence-corrected chi connectivity index (χ1v) is 6.94. The van der Waals surface area contributed by atoms with Gasteiger partial charge in [0.1, 0.15) is 5.69 Å². The molecule has 2 rings (SSSR count). The largest absolute Gasteiger partial charge is 0.381 e. The Labute approximate surface area is 124 Å². The lowest BCUT2D eigenvalue weighted by molar-refractivity contribution is 0.102. The first kappa shape index (κ1) is 14.8. The lowest BCUT2D eigenvalue weighted by atomic mass is 10.1. The molecule has 0 atom stereocenters. The lowest BCUT2D eigenvalue weighted by Crippen LogP contribution is -2.15. The number of benzene rings is 1. The van der Waals surface area contributed by atoms with E-state index in [1.165, 1.54) is 0 Å². The summed E-state index contributed by atoms with van der Waals surface area (Å²) in [6.45, 7) is 6.35. The van der Waals surface area contributed by atoms with E-state index in [4.69, 9.17) is 0 Å². The summed E-state index contributed by atoms with van der Waals surface area (Å²) in [7, 11) is 0. The van der Waals surface area contributed by atoms with E-state index in [0.29, 0.717) is 12.2 Å². The van der Waals surface area contributed by atoms with Gasteiger partial charge in [0.05, 0.1) is 0 Å². The van der Waals surface area contributed by atoms with Crippen molar-refractivity contribution in [1.82, 2.24) is 4.98 Å². The zero-order valence-corrected chi connectivity index (χ0v) is 12.1. The average Bonchev–Trinajstić information content (AvgIpc) is 2.53. The average molecular weight is 281 g/mol. The summed E-state index contributed by atoms with van der Waals surface area (Å²) in [5.74, 6) is -0.210. The van der Waals surface area contributed by atoms with Crippen LogP contribution in [0, 0.1) is 0 Å². The fourth-order valence-electron chi connectivity index (χ4n) is 1.99. The van der Waals surface area contributed by atoms with Gasteiger partial charge < -0.3 is 10.6 Å². The standard InChI is InChI=1S/C17H19N3O/c1-3-10-18-14-9-11-19-16(12-14)17(21)20-15-8-6-5-7-13(15)4-2/h3,5-9,11-12H,1,4,10H2,2H3,(H,18,19)(H,20,21). The van der Waals surface area contributed by atoms with Gasteiger partial charge >= 0.3 is 0 Å². The van der Waals surface area contributed by atoms with Gasteiger partial charge in [-0.1, -0.05) is 31.2 Å². The van der Waals surface area contributed by atoms with Gasteiger partial charge in [-0.15, -0.1) is 6.58 Å². The topological polar surface area (TPSA) is 54.0 Å². The van der Waals surface area contributed by atoms with Crippen LogP contribution in [0.4, 0.5) is 11.4 Å². The van der Waals surface area contributed by atoms with Crippen LogP contribution in [0.1, 0.15) is 23.0 Å². The third-order valence-corrected chi connectivity index (χ3v) is 3.09. The zero-order valence-electron chi connectivity index (χ0n) is 12.1. The number of anilines is 2. The molecule has 2 aromatic rings. The van der Waals surface area contributed by atoms with Crippen molar-refractivity contribution in [2.75, 3.05) is 17.2 Å². The summed E-state index contributed by atoms with van der Waals surface area (Å²) in [5, 5.41) is 6.05. The van der Waals surface area contributed by atoms with Gasteiger partial charge in [0, 0.05) is 24.1 Å². The Hall–Kier alpha value is -2.62. The van der Waals surface area contributed by atoms with E-state index in [-0.39, 0.29) is 5.91 Å². The Bertz CT molecular complexity index is 637. The minimum absolute atomic E-state index is 0.210. The van der Waals surface area contributed by atoms with Gasteiger partial charge in [-0.3, -0.25) is 9.78 Å². The Balaban J connectivity index is 2.14. The van der Waals surface area contributed by atoms with Crippen molar-refractivity contribution in [2.24, 2.45) is 0 Å². The first-order valence-electron chi connectivity index (χ1n) is 6.94. The van der Waals surface area contributed by atoms with E-state index in [1.807, 2.05) is 30.3 Å². The van der Waals surface area contributed by atoms with Gasteiger partial charge in [0.25, 0.3) is 5.91 Å². The molecule has 4 nitrogen and oxygen atoms in total. The molecule has 1 heterocycles. The van der Waals surface area contributed by atoms with E-state index in [9.17, 15) is 4.79 Å². The number of hydrogen-bond donors (Lipinski definition) is 2. The number of carbonyl (C=O) groups excluding carboxylic acids is 1. The van der Waals surface area contributed by atoms with Gasteiger partial charge in [-0.05, 0) is 30.2 Å². The molecular formula is C17H19N3O. The molecule has 0 unspecified atom stereocenters. The summed E-state index contributed by atoms with van der Waals surface area (Å²) in [6.07, 6.45) is 4.24. The van der Waals surface area contributed by atoms with E-state index < -0.39 is 0 Å². The molecule has 0 radical (unpaired) electrons. The SMILES string of the molecule is C=CCNc1ccnc(C(=O)Nc2ccccc2CC)c1. The molecule has 0 aliphatic carbocycles. The molecule has 1 aromatic carbocycles. The zero-order chi connectivity index (χ0) is 15.1. The summed E-state index contributed by atoms with van der Waals surface area (Å²) in [6, 6.07) is 11.3. The van der Waals surface area contributed by atoms with Crippen molar-refractivity contribution >= 4 is 17.3 Å². The van der Waals surface area contributed by atoms with Crippen molar-refractivity contribution in [3.63, 3.8) is 0 Å². The van der Waals surface area contributed by atoms with Crippen LogP contribution in [0.25, 0.3) is 0 Å². The van der Waals surface area contributed by atoms with Crippen LogP contribution in [0.5, 0.6) is 0 Å². The van der Waals surface area contributed by atoms with E-state index in [2.05, 4.69) is 29.1 Å². The van der Waals surface area contributed by atoms with Crippen LogP contribution in [0.2, 0.25) is 0 Å². The van der Waals surface area contributed by atoms with E-state index >= 15 is 0 Å². The highest BCUT2D eigenvalue weighted by molar-refractivity contribution is 6.03. The van der Waals surface area contributed by atoms with Crippen LogP contribution in [-0.4, -0.2) is 17.4 Å². The minimum Gasteiger partial charge on any atom is -0.381 e. The van der Waals surface area contributed by atoms with Gasteiger partial charge in [0.2, 0.25) is 0 Å². The fourth-order valence-corrected chi connectivity index (χ4v) is 1.99. The number of aromatic nitrogens is 1. The quantitative estimate of drug-likeness (QED) is 0.797. The third kappa shape index (κ3) is 3.92. The van der Waals surface area contributed by atoms with E-state index in [0.717, 1.165) is 23.4 Å². The Kier molecular flexibility index (Phi) is 5.10. The number of aryl methyl sites for hydroxylation is 1. The maximum absolute atomic E-state index is 12.3. The summed E-state index contributed by atoms with van der Waals surface area (Å²) < 4.78 is 0. The number of nitrogens with one attached hydrogen (secondary N) is 2. The van der Waals surface area contributed by atoms with Crippen LogP contribution in [-0.2, 0) is 6.42 Å².